The summed E-state index contributed by atoms with van der Waals surface area (Å²) in [7, 11) is 0. The van der Waals surface area contributed by atoms with Crippen LogP contribution < -0.4 is 5.32 Å². The van der Waals surface area contributed by atoms with Crippen LogP contribution >= 0.6 is 0 Å². The Bertz CT molecular complexity index is 1190. The Balaban J connectivity index is 3.44. The van der Waals surface area contributed by atoms with Crippen molar-refractivity contribution in [2.45, 2.75) is 309 Å². The Hall–Kier alpha value is -2.44. The number of ether oxygens (including phenoxy) is 1. The van der Waals surface area contributed by atoms with E-state index in [1.54, 1.807) is 6.08 Å². The molecule has 0 spiro atoms. The minimum absolute atomic E-state index is 0.00582. The number of rotatable bonds is 54. The van der Waals surface area contributed by atoms with Crippen LogP contribution in [0.15, 0.2) is 60.8 Å². The summed E-state index contributed by atoms with van der Waals surface area (Å²) in [5.41, 5.74) is 0. The molecular formula is C62H113NO5. The number of nitrogens with one attached hydrogen (secondary N) is 1. The second-order valence-electron chi connectivity index (χ2n) is 20.0. The fourth-order valence-electron chi connectivity index (χ4n) is 8.69. The van der Waals surface area contributed by atoms with Gasteiger partial charge in [-0.05, 0) is 96.3 Å². The lowest BCUT2D eigenvalue weighted by Crippen LogP contribution is -2.45. The zero-order valence-corrected chi connectivity index (χ0v) is 45.1. The summed E-state index contributed by atoms with van der Waals surface area (Å²) >= 11 is 0. The van der Waals surface area contributed by atoms with Gasteiger partial charge in [0.25, 0.3) is 0 Å². The summed E-state index contributed by atoms with van der Waals surface area (Å²) < 4.78 is 5.47. The third kappa shape index (κ3) is 52.9. The predicted molar refractivity (Wildman–Crippen MR) is 296 cm³/mol. The fourth-order valence-corrected chi connectivity index (χ4v) is 8.69. The number of esters is 1. The molecule has 0 aromatic heterocycles. The SMILES string of the molecule is CCCCCC/C=C\C/C=C\CCCCCCCC(=O)OCCCCCCCCCCC/C=C\C/C=C\CCCCCCCCCCCC(=O)NC(CO)C(O)/C=C/CCCCCCCCCC. The number of amides is 1. The fraction of sp³-hybridized carbons (Fsp3) is 0.806. The Morgan fingerprint density at radius 2 is 0.735 bits per heavy atom. The van der Waals surface area contributed by atoms with Gasteiger partial charge in [-0.3, -0.25) is 9.59 Å². The molecule has 1 amide bonds. The number of hydrogen-bond acceptors (Lipinski definition) is 5. The standard InChI is InChI=1S/C62H113NO5/c1-3-5-7-9-11-13-15-16-17-30-33-36-40-44-48-52-56-62(67)68-57-53-49-45-41-37-34-31-28-26-24-22-20-18-19-21-23-25-27-29-32-35-39-43-47-51-55-61(66)63-59(58-64)60(65)54-50-46-42-38-14-12-10-8-6-4-2/h13,15,17,19-22,30,50,54,59-60,64-65H,3-12,14,16,18,23-29,31-49,51-53,55-58H2,1-2H3,(H,63,66)/b15-13-,21-19-,22-20-,30-17-,54-50+. The Morgan fingerprint density at radius 3 is 1.13 bits per heavy atom. The van der Waals surface area contributed by atoms with Crippen LogP contribution in [0.2, 0.25) is 0 Å². The molecule has 0 aliphatic heterocycles. The van der Waals surface area contributed by atoms with E-state index in [2.05, 4.69) is 67.8 Å². The van der Waals surface area contributed by atoms with Crippen molar-refractivity contribution in [3.63, 3.8) is 0 Å². The molecule has 0 bridgehead atoms. The van der Waals surface area contributed by atoms with Gasteiger partial charge in [0.15, 0.2) is 0 Å². The van der Waals surface area contributed by atoms with Crippen molar-refractivity contribution >= 4 is 11.9 Å². The maximum atomic E-state index is 12.4. The van der Waals surface area contributed by atoms with E-state index in [4.69, 9.17) is 4.74 Å². The van der Waals surface area contributed by atoms with Crippen LogP contribution in [0.25, 0.3) is 0 Å². The first-order valence-electron chi connectivity index (χ1n) is 29.6. The molecule has 0 fully saturated rings. The molecule has 0 aliphatic carbocycles. The van der Waals surface area contributed by atoms with E-state index in [9.17, 15) is 19.8 Å². The highest BCUT2D eigenvalue weighted by atomic mass is 16.5. The first-order chi connectivity index (χ1) is 33.5. The third-order valence-corrected chi connectivity index (χ3v) is 13.3. The number of aliphatic hydroxyl groups is 2. The largest absolute Gasteiger partial charge is 0.466 e. The van der Waals surface area contributed by atoms with E-state index in [0.717, 1.165) is 64.2 Å². The van der Waals surface area contributed by atoms with Crippen LogP contribution in [-0.4, -0.2) is 47.4 Å². The molecule has 0 saturated carbocycles. The van der Waals surface area contributed by atoms with Crippen molar-refractivity contribution in [1.82, 2.24) is 5.32 Å². The molecule has 2 atom stereocenters. The first-order valence-corrected chi connectivity index (χ1v) is 29.6. The molecule has 0 aromatic rings. The Labute approximate surface area is 422 Å². The number of carbonyl (C=O) groups excluding carboxylic acids is 2. The summed E-state index contributed by atoms with van der Waals surface area (Å²) in [6, 6.07) is -0.632. The maximum Gasteiger partial charge on any atom is 0.305 e. The van der Waals surface area contributed by atoms with Gasteiger partial charge in [0.1, 0.15) is 0 Å². The third-order valence-electron chi connectivity index (χ3n) is 13.3. The lowest BCUT2D eigenvalue weighted by Gasteiger charge is -2.20. The van der Waals surface area contributed by atoms with Crippen molar-refractivity contribution in [3.8, 4) is 0 Å². The lowest BCUT2D eigenvalue weighted by molar-refractivity contribution is -0.143. The Morgan fingerprint density at radius 1 is 0.412 bits per heavy atom. The van der Waals surface area contributed by atoms with Gasteiger partial charge in [0, 0.05) is 12.8 Å². The summed E-state index contributed by atoms with van der Waals surface area (Å²) in [6.07, 6.45) is 74.0. The van der Waals surface area contributed by atoms with Gasteiger partial charge in [-0.25, -0.2) is 0 Å². The molecule has 0 radical (unpaired) electrons. The van der Waals surface area contributed by atoms with Crippen LogP contribution in [0.5, 0.6) is 0 Å². The zero-order chi connectivity index (χ0) is 49.3. The van der Waals surface area contributed by atoms with Gasteiger partial charge in [-0.2, -0.15) is 0 Å². The normalized spacial score (nSPS) is 13.1. The van der Waals surface area contributed by atoms with Crippen molar-refractivity contribution < 1.29 is 24.5 Å². The van der Waals surface area contributed by atoms with E-state index in [-0.39, 0.29) is 18.5 Å². The summed E-state index contributed by atoms with van der Waals surface area (Å²) in [4.78, 5) is 24.4. The van der Waals surface area contributed by atoms with Gasteiger partial charge in [0.2, 0.25) is 5.91 Å². The van der Waals surface area contributed by atoms with Gasteiger partial charge in [-0.15, -0.1) is 0 Å². The number of hydrogen-bond donors (Lipinski definition) is 3. The van der Waals surface area contributed by atoms with Gasteiger partial charge in [-0.1, -0.05) is 248 Å². The van der Waals surface area contributed by atoms with Crippen molar-refractivity contribution in [2.75, 3.05) is 13.2 Å². The van der Waals surface area contributed by atoms with Crippen molar-refractivity contribution in [2.24, 2.45) is 0 Å². The molecule has 2 unspecified atom stereocenters. The average molecular weight is 953 g/mol. The van der Waals surface area contributed by atoms with Crippen LogP contribution in [0.4, 0.5) is 0 Å². The molecule has 0 heterocycles. The molecule has 68 heavy (non-hydrogen) atoms. The van der Waals surface area contributed by atoms with E-state index >= 15 is 0 Å². The molecule has 0 aliphatic rings. The molecule has 0 saturated heterocycles. The quantitative estimate of drug-likeness (QED) is 0.0321. The van der Waals surface area contributed by atoms with E-state index in [0.29, 0.717) is 19.4 Å². The zero-order valence-electron chi connectivity index (χ0n) is 45.1. The molecule has 396 valence electrons. The van der Waals surface area contributed by atoms with E-state index < -0.39 is 12.1 Å². The number of allylic oxidation sites excluding steroid dienone is 9. The number of unbranched alkanes of at least 4 members (excludes halogenated alkanes) is 35. The number of aliphatic hydroxyl groups excluding tert-OH is 2. The molecule has 6 heteroatoms. The average Bonchev–Trinajstić information content (AvgIpc) is 3.34. The molecule has 0 aromatic carbocycles. The summed E-state index contributed by atoms with van der Waals surface area (Å²) in [6.45, 7) is 4.85. The lowest BCUT2D eigenvalue weighted by atomic mass is 10.0. The van der Waals surface area contributed by atoms with E-state index in [1.165, 1.54) is 205 Å². The van der Waals surface area contributed by atoms with Crippen LogP contribution in [0.1, 0.15) is 296 Å². The van der Waals surface area contributed by atoms with Crippen LogP contribution in [0.3, 0.4) is 0 Å². The second kappa shape index (κ2) is 57.1. The number of carbonyl (C=O) groups is 2. The predicted octanol–water partition coefficient (Wildman–Crippen LogP) is 18.4. The molecule has 3 N–H and O–H groups in total. The summed E-state index contributed by atoms with van der Waals surface area (Å²) in [5, 5.41) is 23.0. The minimum Gasteiger partial charge on any atom is -0.466 e. The van der Waals surface area contributed by atoms with Crippen molar-refractivity contribution in [1.29, 1.82) is 0 Å². The summed E-state index contributed by atoms with van der Waals surface area (Å²) in [5.74, 6) is -0.0830. The first kappa shape index (κ1) is 65.6. The van der Waals surface area contributed by atoms with Gasteiger partial charge in [0.05, 0.1) is 25.4 Å². The highest BCUT2D eigenvalue weighted by Gasteiger charge is 2.18. The van der Waals surface area contributed by atoms with Gasteiger partial charge < -0.3 is 20.3 Å². The maximum absolute atomic E-state index is 12.4. The molecule has 6 nitrogen and oxygen atoms in total. The topological polar surface area (TPSA) is 95.9 Å². The highest BCUT2D eigenvalue weighted by molar-refractivity contribution is 5.76. The Kier molecular flexibility index (Phi) is 55.1. The monoisotopic (exact) mass is 952 g/mol. The van der Waals surface area contributed by atoms with Gasteiger partial charge >= 0.3 is 5.97 Å². The van der Waals surface area contributed by atoms with Crippen LogP contribution in [-0.2, 0) is 14.3 Å². The smallest absolute Gasteiger partial charge is 0.305 e. The highest BCUT2D eigenvalue weighted by Crippen LogP contribution is 2.15. The second-order valence-corrected chi connectivity index (χ2v) is 20.0. The molecule has 0 rings (SSSR count). The molecular weight excluding hydrogens is 839 g/mol. The van der Waals surface area contributed by atoms with E-state index in [1.807, 2.05) is 6.08 Å². The van der Waals surface area contributed by atoms with Crippen LogP contribution in [0, 0.1) is 0 Å². The van der Waals surface area contributed by atoms with Crippen molar-refractivity contribution in [3.05, 3.63) is 60.8 Å². The minimum atomic E-state index is -0.848.